The fourth-order valence-corrected chi connectivity index (χ4v) is 3.10. The molecule has 1 unspecified atom stereocenters. The maximum Gasteiger partial charge on any atom is 0.274 e. The van der Waals surface area contributed by atoms with Crippen LogP contribution in [0.5, 0.6) is 0 Å². The zero-order valence-corrected chi connectivity index (χ0v) is 14.8. The second-order valence-corrected chi connectivity index (χ2v) is 6.83. The van der Waals surface area contributed by atoms with Crippen LogP contribution in [0.1, 0.15) is 40.6 Å². The van der Waals surface area contributed by atoms with Crippen LogP contribution in [0.2, 0.25) is 5.02 Å². The average molecular weight is 358 g/mol. The molecule has 1 aromatic heterocycles. The molecule has 0 spiro atoms. The van der Waals surface area contributed by atoms with E-state index in [1.165, 1.54) is 6.20 Å². The highest BCUT2D eigenvalue weighted by atomic mass is 35.5. The summed E-state index contributed by atoms with van der Waals surface area (Å²) in [5, 5.41) is 3.35. The number of anilines is 1. The Morgan fingerprint density at radius 2 is 2.00 bits per heavy atom. The highest BCUT2D eigenvalue weighted by molar-refractivity contribution is 6.30. The Kier molecular flexibility index (Phi) is 5.34. The maximum atomic E-state index is 12.7. The highest BCUT2D eigenvalue weighted by Crippen LogP contribution is 2.18. The van der Waals surface area contributed by atoms with Gasteiger partial charge < -0.3 is 10.2 Å². The summed E-state index contributed by atoms with van der Waals surface area (Å²) in [5.74, 6) is 0.102. The molecule has 2 aromatic rings. The summed E-state index contributed by atoms with van der Waals surface area (Å²) in [6.45, 7) is 3.67. The molecule has 1 atom stereocenters. The second kappa shape index (κ2) is 7.66. The van der Waals surface area contributed by atoms with Crippen molar-refractivity contribution in [3.8, 4) is 0 Å². The quantitative estimate of drug-likeness (QED) is 0.907. The molecule has 1 fully saturated rings. The van der Waals surface area contributed by atoms with Crippen molar-refractivity contribution in [2.45, 2.75) is 19.8 Å². The molecular formula is C19H20ClN3O2. The number of pyridine rings is 1. The van der Waals surface area contributed by atoms with Crippen molar-refractivity contribution in [2.75, 3.05) is 18.4 Å². The van der Waals surface area contributed by atoms with Crippen molar-refractivity contribution in [1.82, 2.24) is 9.88 Å². The number of amides is 2. The molecule has 0 saturated carbocycles. The third-order valence-corrected chi connectivity index (χ3v) is 4.54. The zero-order chi connectivity index (χ0) is 17.8. The van der Waals surface area contributed by atoms with Gasteiger partial charge in [-0.1, -0.05) is 18.5 Å². The van der Waals surface area contributed by atoms with Crippen molar-refractivity contribution in [3.63, 3.8) is 0 Å². The summed E-state index contributed by atoms with van der Waals surface area (Å²) < 4.78 is 0. The fourth-order valence-electron chi connectivity index (χ4n) is 2.97. The first kappa shape index (κ1) is 17.4. The molecule has 2 heterocycles. The Bertz CT molecular complexity index is 776. The van der Waals surface area contributed by atoms with Crippen molar-refractivity contribution < 1.29 is 9.59 Å². The number of likely N-dealkylation sites (tertiary alicyclic amines) is 1. The molecule has 3 rings (SSSR count). The molecule has 6 heteroatoms. The maximum absolute atomic E-state index is 12.7. The van der Waals surface area contributed by atoms with Crippen LogP contribution in [0.3, 0.4) is 0 Å². The Morgan fingerprint density at radius 3 is 2.72 bits per heavy atom. The summed E-state index contributed by atoms with van der Waals surface area (Å²) in [5.41, 5.74) is 1.33. The number of nitrogens with one attached hydrogen (secondary N) is 1. The largest absolute Gasteiger partial charge is 0.338 e. The number of aromatic nitrogens is 1. The van der Waals surface area contributed by atoms with Crippen LogP contribution in [0.4, 0.5) is 5.69 Å². The van der Waals surface area contributed by atoms with Crippen LogP contribution in [0.15, 0.2) is 42.6 Å². The number of carbonyl (C=O) groups excluding carboxylic acids is 2. The predicted molar refractivity (Wildman–Crippen MR) is 97.9 cm³/mol. The lowest BCUT2D eigenvalue weighted by atomic mass is 9.99. The van der Waals surface area contributed by atoms with E-state index in [0.29, 0.717) is 22.2 Å². The van der Waals surface area contributed by atoms with Gasteiger partial charge in [0.15, 0.2) is 0 Å². The molecule has 0 radical (unpaired) electrons. The summed E-state index contributed by atoms with van der Waals surface area (Å²) in [6.07, 6.45) is 3.66. The van der Waals surface area contributed by atoms with Gasteiger partial charge in [-0.05, 0) is 55.2 Å². The molecule has 1 aliphatic rings. The highest BCUT2D eigenvalue weighted by Gasteiger charge is 2.22. The first-order valence-electron chi connectivity index (χ1n) is 8.35. The smallest absolute Gasteiger partial charge is 0.274 e. The Labute approximate surface area is 152 Å². The number of hydrogen-bond acceptors (Lipinski definition) is 3. The minimum atomic E-state index is -0.357. The van der Waals surface area contributed by atoms with E-state index >= 15 is 0 Å². The number of rotatable bonds is 3. The van der Waals surface area contributed by atoms with Gasteiger partial charge in [-0.15, -0.1) is 0 Å². The van der Waals surface area contributed by atoms with Gasteiger partial charge in [-0.3, -0.25) is 14.6 Å². The van der Waals surface area contributed by atoms with Gasteiger partial charge >= 0.3 is 0 Å². The van der Waals surface area contributed by atoms with Gasteiger partial charge in [-0.2, -0.15) is 0 Å². The van der Waals surface area contributed by atoms with Gasteiger partial charge in [0.1, 0.15) is 5.69 Å². The predicted octanol–water partition coefficient (Wildman–Crippen LogP) is 3.86. The van der Waals surface area contributed by atoms with E-state index in [2.05, 4.69) is 17.2 Å². The second-order valence-electron chi connectivity index (χ2n) is 6.39. The van der Waals surface area contributed by atoms with Gasteiger partial charge in [0.2, 0.25) is 0 Å². The third kappa shape index (κ3) is 4.37. The monoisotopic (exact) mass is 357 g/mol. The standard InChI is InChI=1S/C19H20ClN3O2/c1-13-3-2-10-23(12-13)19(25)14-8-9-21-17(11-14)18(24)22-16-6-4-15(20)5-7-16/h4-9,11,13H,2-3,10,12H2,1H3,(H,22,24). The van der Waals surface area contributed by atoms with Crippen LogP contribution in [0, 0.1) is 5.92 Å². The van der Waals surface area contributed by atoms with Crippen LogP contribution < -0.4 is 5.32 Å². The Balaban J connectivity index is 1.73. The van der Waals surface area contributed by atoms with E-state index in [1.54, 1.807) is 36.4 Å². The molecular weight excluding hydrogens is 338 g/mol. The molecule has 130 valence electrons. The number of nitrogens with zero attached hydrogens (tertiary/aromatic N) is 2. The van der Waals surface area contributed by atoms with Crippen molar-refractivity contribution >= 4 is 29.1 Å². The minimum absolute atomic E-state index is 0.0468. The number of benzene rings is 1. The molecule has 0 aliphatic carbocycles. The average Bonchev–Trinajstić information content (AvgIpc) is 2.63. The first-order valence-corrected chi connectivity index (χ1v) is 8.73. The first-order chi connectivity index (χ1) is 12.0. The van der Waals surface area contributed by atoms with E-state index in [0.717, 1.165) is 25.9 Å². The van der Waals surface area contributed by atoms with Crippen LogP contribution >= 0.6 is 11.6 Å². The number of piperidine rings is 1. The van der Waals surface area contributed by atoms with Crippen molar-refractivity contribution in [1.29, 1.82) is 0 Å². The fraction of sp³-hybridized carbons (Fsp3) is 0.316. The van der Waals surface area contributed by atoms with Gasteiger partial charge in [0.05, 0.1) is 0 Å². The zero-order valence-electron chi connectivity index (χ0n) is 14.0. The van der Waals surface area contributed by atoms with Gasteiger partial charge in [0.25, 0.3) is 11.8 Å². The number of halogens is 1. The summed E-state index contributed by atoms with van der Waals surface area (Å²) in [4.78, 5) is 31.0. The van der Waals surface area contributed by atoms with E-state index in [4.69, 9.17) is 11.6 Å². The molecule has 1 N–H and O–H groups in total. The van der Waals surface area contributed by atoms with E-state index in [-0.39, 0.29) is 17.5 Å². The number of hydrogen-bond donors (Lipinski definition) is 1. The Hall–Kier alpha value is -2.40. The summed E-state index contributed by atoms with van der Waals surface area (Å²) in [7, 11) is 0. The topological polar surface area (TPSA) is 62.3 Å². The van der Waals surface area contributed by atoms with Gasteiger partial charge in [-0.25, -0.2) is 0 Å². The summed E-state index contributed by atoms with van der Waals surface area (Å²) in [6, 6.07) is 10.0. The SMILES string of the molecule is CC1CCCN(C(=O)c2ccnc(C(=O)Nc3ccc(Cl)cc3)c2)C1. The lowest BCUT2D eigenvalue weighted by molar-refractivity contribution is 0.0683. The van der Waals surface area contributed by atoms with E-state index < -0.39 is 0 Å². The van der Waals surface area contributed by atoms with Gasteiger partial charge in [0, 0.05) is 35.6 Å². The minimum Gasteiger partial charge on any atom is -0.338 e. The molecule has 25 heavy (non-hydrogen) atoms. The van der Waals surface area contributed by atoms with Crippen LogP contribution in [-0.4, -0.2) is 34.8 Å². The van der Waals surface area contributed by atoms with E-state index in [9.17, 15) is 9.59 Å². The Morgan fingerprint density at radius 1 is 1.24 bits per heavy atom. The lowest BCUT2D eigenvalue weighted by Gasteiger charge is -2.31. The van der Waals surface area contributed by atoms with Crippen molar-refractivity contribution in [3.05, 3.63) is 58.9 Å². The normalized spacial score (nSPS) is 17.2. The molecule has 1 aliphatic heterocycles. The van der Waals surface area contributed by atoms with E-state index in [1.807, 2.05) is 4.90 Å². The lowest BCUT2D eigenvalue weighted by Crippen LogP contribution is -2.39. The molecule has 1 saturated heterocycles. The number of carbonyl (C=O) groups is 2. The molecule has 5 nitrogen and oxygen atoms in total. The molecule has 2 amide bonds. The van der Waals surface area contributed by atoms with Crippen molar-refractivity contribution in [2.24, 2.45) is 5.92 Å². The summed E-state index contributed by atoms with van der Waals surface area (Å²) >= 11 is 5.84. The molecule has 1 aromatic carbocycles. The third-order valence-electron chi connectivity index (χ3n) is 4.29. The molecule has 0 bridgehead atoms. The van der Waals surface area contributed by atoms with Crippen LogP contribution in [-0.2, 0) is 0 Å². The van der Waals surface area contributed by atoms with Crippen LogP contribution in [0.25, 0.3) is 0 Å².